The van der Waals surface area contributed by atoms with Crippen LogP contribution in [0.3, 0.4) is 0 Å². The summed E-state index contributed by atoms with van der Waals surface area (Å²) >= 11 is 5.98. The van der Waals surface area contributed by atoms with E-state index in [0.29, 0.717) is 10.8 Å². The van der Waals surface area contributed by atoms with Crippen molar-refractivity contribution < 1.29 is 23.1 Å². The zero-order valence-electron chi connectivity index (χ0n) is 13.8. The molecular formula is C18H15ClF2N2O3. The van der Waals surface area contributed by atoms with Crippen LogP contribution in [0.15, 0.2) is 42.5 Å². The molecule has 1 atom stereocenters. The highest BCUT2D eigenvalue weighted by atomic mass is 35.5. The maximum absolute atomic E-state index is 13.5. The maximum atomic E-state index is 13.5. The highest BCUT2D eigenvalue weighted by molar-refractivity contribution is 6.32. The second-order valence-corrected chi connectivity index (χ2v) is 6.33. The number of nitrogens with zero attached hydrogens (tertiary/aromatic N) is 1. The average Bonchev–Trinajstić information content (AvgIpc) is 2.83. The minimum Gasteiger partial charge on any atom is -0.490 e. The minimum absolute atomic E-state index is 0.0187. The molecule has 26 heavy (non-hydrogen) atoms. The smallest absolute Gasteiger partial charge is 0.325 e. The van der Waals surface area contributed by atoms with Crippen molar-refractivity contribution in [1.29, 1.82) is 0 Å². The average molecular weight is 381 g/mol. The lowest BCUT2D eigenvalue weighted by Crippen LogP contribution is -2.41. The highest BCUT2D eigenvalue weighted by Crippen LogP contribution is 2.30. The van der Waals surface area contributed by atoms with Crippen molar-refractivity contribution >= 4 is 23.5 Å². The molecule has 5 nitrogen and oxygen atoms in total. The lowest BCUT2D eigenvalue weighted by atomic mass is 9.92. The van der Waals surface area contributed by atoms with Gasteiger partial charge in [0.2, 0.25) is 0 Å². The van der Waals surface area contributed by atoms with E-state index >= 15 is 0 Å². The van der Waals surface area contributed by atoms with E-state index in [2.05, 4.69) is 5.32 Å². The standard InChI is InChI=1S/C18H15ClF2N2O3/c1-18(11-6-7-13(20)14(21)10-11)16(24)23(17(25)22-18)8-9-26-15-5-3-2-4-12(15)19/h2-7,10H,8-9H2,1H3,(H,22,25). The summed E-state index contributed by atoms with van der Waals surface area (Å²) in [6, 6.07) is 9.26. The van der Waals surface area contributed by atoms with Crippen molar-refractivity contribution in [2.24, 2.45) is 0 Å². The fraction of sp³-hybridized carbons (Fsp3) is 0.222. The van der Waals surface area contributed by atoms with Gasteiger partial charge in [-0.25, -0.2) is 13.6 Å². The first-order valence-electron chi connectivity index (χ1n) is 7.80. The normalized spacial score (nSPS) is 19.6. The summed E-state index contributed by atoms with van der Waals surface area (Å²) in [7, 11) is 0. The fourth-order valence-corrected chi connectivity index (χ4v) is 2.90. The largest absolute Gasteiger partial charge is 0.490 e. The quantitative estimate of drug-likeness (QED) is 0.808. The number of carbonyl (C=O) groups excluding carboxylic acids is 2. The zero-order chi connectivity index (χ0) is 18.9. The molecule has 0 spiro atoms. The first-order valence-corrected chi connectivity index (χ1v) is 8.17. The van der Waals surface area contributed by atoms with E-state index in [9.17, 15) is 18.4 Å². The first-order chi connectivity index (χ1) is 12.3. The Kier molecular flexibility index (Phi) is 4.82. The zero-order valence-corrected chi connectivity index (χ0v) is 14.5. The molecule has 3 rings (SSSR count). The lowest BCUT2D eigenvalue weighted by molar-refractivity contribution is -0.131. The Balaban J connectivity index is 1.72. The third kappa shape index (κ3) is 3.22. The predicted octanol–water partition coefficient (Wildman–Crippen LogP) is 3.46. The van der Waals surface area contributed by atoms with E-state index in [4.69, 9.17) is 16.3 Å². The molecule has 136 valence electrons. The van der Waals surface area contributed by atoms with Crippen molar-refractivity contribution in [2.45, 2.75) is 12.5 Å². The van der Waals surface area contributed by atoms with E-state index in [0.717, 1.165) is 17.0 Å². The highest BCUT2D eigenvalue weighted by Gasteiger charge is 2.49. The van der Waals surface area contributed by atoms with Gasteiger partial charge in [-0.3, -0.25) is 9.69 Å². The summed E-state index contributed by atoms with van der Waals surface area (Å²) in [6.45, 7) is 1.46. The summed E-state index contributed by atoms with van der Waals surface area (Å²) in [5, 5.41) is 2.93. The lowest BCUT2D eigenvalue weighted by Gasteiger charge is -2.22. The van der Waals surface area contributed by atoms with Gasteiger partial charge in [0.1, 0.15) is 17.9 Å². The number of urea groups is 1. The van der Waals surface area contributed by atoms with Crippen molar-refractivity contribution in [1.82, 2.24) is 10.2 Å². The van der Waals surface area contributed by atoms with Crippen LogP contribution in [-0.2, 0) is 10.3 Å². The summed E-state index contributed by atoms with van der Waals surface area (Å²) in [5.41, 5.74) is -1.32. The molecule has 0 radical (unpaired) electrons. The van der Waals surface area contributed by atoms with Crippen LogP contribution < -0.4 is 10.1 Å². The van der Waals surface area contributed by atoms with Gasteiger partial charge in [-0.1, -0.05) is 29.8 Å². The van der Waals surface area contributed by atoms with Crippen LogP contribution in [0.4, 0.5) is 13.6 Å². The van der Waals surface area contributed by atoms with Crippen LogP contribution >= 0.6 is 11.6 Å². The molecule has 0 bridgehead atoms. The Morgan fingerprint density at radius 1 is 1.15 bits per heavy atom. The third-order valence-corrected chi connectivity index (χ3v) is 4.49. The molecule has 0 aliphatic carbocycles. The molecule has 8 heteroatoms. The minimum atomic E-state index is -1.48. The first kappa shape index (κ1) is 18.1. The second-order valence-electron chi connectivity index (χ2n) is 5.92. The SMILES string of the molecule is CC1(c2ccc(F)c(F)c2)NC(=O)N(CCOc2ccccc2Cl)C1=O. The van der Waals surface area contributed by atoms with Crippen molar-refractivity contribution in [3.05, 3.63) is 64.7 Å². The van der Waals surface area contributed by atoms with Crippen LogP contribution in [-0.4, -0.2) is 30.0 Å². The van der Waals surface area contributed by atoms with Crippen LogP contribution in [0.5, 0.6) is 5.75 Å². The topological polar surface area (TPSA) is 58.6 Å². The number of hydrogen-bond donors (Lipinski definition) is 1. The third-order valence-electron chi connectivity index (χ3n) is 4.18. The Hall–Kier alpha value is -2.67. The number of para-hydroxylation sites is 1. The number of imide groups is 1. The van der Waals surface area contributed by atoms with Gasteiger partial charge in [0.15, 0.2) is 11.6 Å². The maximum Gasteiger partial charge on any atom is 0.325 e. The summed E-state index contributed by atoms with van der Waals surface area (Å²) in [5.74, 6) is -2.26. The monoisotopic (exact) mass is 380 g/mol. The molecule has 2 aromatic rings. The van der Waals surface area contributed by atoms with Crippen molar-refractivity contribution in [3.63, 3.8) is 0 Å². The fourth-order valence-electron chi connectivity index (χ4n) is 2.71. The van der Waals surface area contributed by atoms with Crippen LogP contribution in [0, 0.1) is 11.6 Å². The van der Waals surface area contributed by atoms with Crippen molar-refractivity contribution in [3.8, 4) is 5.75 Å². The van der Waals surface area contributed by atoms with E-state index in [1.807, 2.05) is 0 Å². The van der Waals surface area contributed by atoms with E-state index in [-0.39, 0.29) is 18.7 Å². The molecule has 1 heterocycles. The number of carbonyl (C=O) groups is 2. The molecule has 0 aromatic heterocycles. The number of benzene rings is 2. The van der Waals surface area contributed by atoms with Gasteiger partial charge in [0.25, 0.3) is 5.91 Å². The van der Waals surface area contributed by atoms with E-state index in [1.165, 1.54) is 13.0 Å². The molecule has 1 unspecified atom stereocenters. The van der Waals surface area contributed by atoms with Gasteiger partial charge in [0, 0.05) is 0 Å². The Morgan fingerprint density at radius 3 is 2.58 bits per heavy atom. The number of ether oxygens (including phenoxy) is 1. The second kappa shape index (κ2) is 6.92. The van der Waals surface area contributed by atoms with E-state index < -0.39 is 29.1 Å². The molecule has 1 saturated heterocycles. The number of halogens is 3. The molecule has 0 saturated carbocycles. The predicted molar refractivity (Wildman–Crippen MR) is 90.9 cm³/mol. The van der Waals surface area contributed by atoms with E-state index in [1.54, 1.807) is 24.3 Å². The molecule has 1 aliphatic heterocycles. The van der Waals surface area contributed by atoms with Crippen LogP contribution in [0.2, 0.25) is 5.02 Å². The number of nitrogens with one attached hydrogen (secondary N) is 1. The van der Waals surface area contributed by atoms with Crippen LogP contribution in [0.1, 0.15) is 12.5 Å². The summed E-state index contributed by atoms with van der Waals surface area (Å²) in [6.07, 6.45) is 0. The number of hydrogen-bond acceptors (Lipinski definition) is 3. The summed E-state index contributed by atoms with van der Waals surface area (Å²) < 4.78 is 32.1. The molecule has 1 fully saturated rings. The molecular weight excluding hydrogens is 366 g/mol. The molecule has 2 aromatic carbocycles. The van der Waals surface area contributed by atoms with Gasteiger partial charge in [0.05, 0.1) is 11.6 Å². The van der Waals surface area contributed by atoms with Crippen molar-refractivity contribution in [2.75, 3.05) is 13.2 Å². The Bertz CT molecular complexity index is 877. The van der Waals surface area contributed by atoms with Gasteiger partial charge in [-0.05, 0) is 36.8 Å². The number of rotatable bonds is 5. The van der Waals surface area contributed by atoms with Gasteiger partial charge in [-0.2, -0.15) is 0 Å². The number of amides is 3. The Morgan fingerprint density at radius 2 is 1.88 bits per heavy atom. The van der Waals surface area contributed by atoms with Gasteiger partial charge >= 0.3 is 6.03 Å². The van der Waals surface area contributed by atoms with Crippen LogP contribution in [0.25, 0.3) is 0 Å². The van der Waals surface area contributed by atoms with Gasteiger partial charge in [-0.15, -0.1) is 0 Å². The molecule has 1 N–H and O–H groups in total. The molecule has 3 amide bonds. The molecule has 1 aliphatic rings. The Labute approximate surface area is 153 Å². The van der Waals surface area contributed by atoms with Gasteiger partial charge < -0.3 is 10.1 Å². The summed E-state index contributed by atoms with van der Waals surface area (Å²) in [4.78, 5) is 25.8.